The number of aromatic hydroxyl groups is 1. The largest absolute Gasteiger partial charge is 0.503 e. The van der Waals surface area contributed by atoms with Gasteiger partial charge >= 0.3 is 0 Å². The normalized spacial score (nSPS) is 16.3. The lowest BCUT2D eigenvalue weighted by Crippen LogP contribution is -2.30. The molecule has 0 saturated heterocycles. The van der Waals surface area contributed by atoms with Gasteiger partial charge in [0, 0.05) is 12.1 Å². The fourth-order valence-electron chi connectivity index (χ4n) is 2.48. The quantitative estimate of drug-likeness (QED) is 0.581. The molecule has 19 heavy (non-hydrogen) atoms. The van der Waals surface area contributed by atoms with Gasteiger partial charge in [0.1, 0.15) is 0 Å². The van der Waals surface area contributed by atoms with Crippen LogP contribution in [0, 0.1) is 11.7 Å². The average molecular weight is 266 g/mol. The summed E-state index contributed by atoms with van der Waals surface area (Å²) in [6, 6.07) is 2.29. The van der Waals surface area contributed by atoms with Gasteiger partial charge in [-0.3, -0.25) is 4.79 Å². The third-order valence-corrected chi connectivity index (χ3v) is 3.63. The van der Waals surface area contributed by atoms with E-state index in [4.69, 9.17) is 5.73 Å². The van der Waals surface area contributed by atoms with Crippen LogP contribution in [0.5, 0.6) is 5.75 Å². The van der Waals surface area contributed by atoms with Crippen molar-refractivity contribution in [1.82, 2.24) is 5.32 Å². The first-order valence-electron chi connectivity index (χ1n) is 6.64. The van der Waals surface area contributed by atoms with E-state index in [0.29, 0.717) is 12.5 Å². The van der Waals surface area contributed by atoms with Crippen LogP contribution in [0.1, 0.15) is 42.5 Å². The van der Waals surface area contributed by atoms with Gasteiger partial charge in [0.05, 0.1) is 5.69 Å². The van der Waals surface area contributed by atoms with Crippen molar-refractivity contribution in [2.24, 2.45) is 5.92 Å². The van der Waals surface area contributed by atoms with Gasteiger partial charge < -0.3 is 16.2 Å². The van der Waals surface area contributed by atoms with Gasteiger partial charge in [0.2, 0.25) is 0 Å². The van der Waals surface area contributed by atoms with E-state index in [0.717, 1.165) is 18.9 Å². The van der Waals surface area contributed by atoms with Crippen molar-refractivity contribution in [2.75, 3.05) is 12.3 Å². The Labute approximate surface area is 111 Å². The number of hydrogen-bond donors (Lipinski definition) is 3. The number of phenols is 1. The predicted octanol–water partition coefficient (Wildman–Crippen LogP) is 2.42. The number of hydrogen-bond acceptors (Lipinski definition) is 3. The molecule has 0 heterocycles. The summed E-state index contributed by atoms with van der Waals surface area (Å²) in [5.74, 6) is -1.32. The molecule has 2 rings (SSSR count). The van der Waals surface area contributed by atoms with Crippen molar-refractivity contribution in [3.8, 4) is 5.75 Å². The number of nitrogens with one attached hydrogen (secondary N) is 1. The molecule has 1 amide bonds. The molecule has 0 aromatic heterocycles. The second kappa shape index (κ2) is 5.91. The molecule has 0 radical (unpaired) electrons. The Morgan fingerprint density at radius 2 is 2.05 bits per heavy atom. The first kappa shape index (κ1) is 13.6. The SMILES string of the molecule is Nc1cc(C(=O)NCC2CCCCC2)cc(F)c1O. The van der Waals surface area contributed by atoms with Crippen molar-refractivity contribution in [2.45, 2.75) is 32.1 Å². The summed E-state index contributed by atoms with van der Waals surface area (Å²) in [6.45, 7) is 0.612. The zero-order valence-electron chi connectivity index (χ0n) is 10.8. The number of benzene rings is 1. The maximum absolute atomic E-state index is 13.3. The maximum atomic E-state index is 13.3. The predicted molar refractivity (Wildman–Crippen MR) is 71.4 cm³/mol. The fraction of sp³-hybridized carbons (Fsp3) is 0.500. The van der Waals surface area contributed by atoms with Crippen LogP contribution >= 0.6 is 0 Å². The number of amides is 1. The molecule has 0 atom stereocenters. The molecule has 1 aromatic carbocycles. The number of rotatable bonds is 3. The fourth-order valence-corrected chi connectivity index (χ4v) is 2.48. The summed E-state index contributed by atoms with van der Waals surface area (Å²) >= 11 is 0. The molecule has 0 spiro atoms. The Balaban J connectivity index is 1.96. The zero-order valence-corrected chi connectivity index (χ0v) is 10.8. The van der Waals surface area contributed by atoms with E-state index >= 15 is 0 Å². The van der Waals surface area contributed by atoms with E-state index in [1.807, 2.05) is 0 Å². The van der Waals surface area contributed by atoms with Crippen LogP contribution in [0.25, 0.3) is 0 Å². The number of nitrogens with two attached hydrogens (primary N) is 1. The smallest absolute Gasteiger partial charge is 0.251 e. The number of phenolic OH excluding ortho intramolecular Hbond substituents is 1. The van der Waals surface area contributed by atoms with Gasteiger partial charge in [-0.15, -0.1) is 0 Å². The first-order valence-corrected chi connectivity index (χ1v) is 6.64. The van der Waals surface area contributed by atoms with Crippen LogP contribution in [0.2, 0.25) is 0 Å². The zero-order chi connectivity index (χ0) is 13.8. The molecule has 0 unspecified atom stereocenters. The monoisotopic (exact) mass is 266 g/mol. The van der Waals surface area contributed by atoms with E-state index in [9.17, 15) is 14.3 Å². The summed E-state index contributed by atoms with van der Waals surface area (Å²) in [5.41, 5.74) is 5.45. The molecule has 4 nitrogen and oxygen atoms in total. The molecular formula is C14H19FN2O2. The van der Waals surface area contributed by atoms with Gasteiger partial charge in [0.25, 0.3) is 5.91 Å². The molecule has 1 aliphatic carbocycles. The lowest BCUT2D eigenvalue weighted by Gasteiger charge is -2.21. The minimum atomic E-state index is -0.872. The van der Waals surface area contributed by atoms with Gasteiger partial charge in [-0.1, -0.05) is 19.3 Å². The van der Waals surface area contributed by atoms with Crippen LogP contribution in [-0.2, 0) is 0 Å². The first-order chi connectivity index (χ1) is 9.08. The molecule has 5 heteroatoms. The third-order valence-electron chi connectivity index (χ3n) is 3.63. The van der Waals surface area contributed by atoms with E-state index in [1.165, 1.54) is 25.3 Å². The highest BCUT2D eigenvalue weighted by Crippen LogP contribution is 2.25. The Morgan fingerprint density at radius 1 is 1.37 bits per heavy atom. The summed E-state index contributed by atoms with van der Waals surface area (Å²) < 4.78 is 13.3. The minimum Gasteiger partial charge on any atom is -0.503 e. The molecular weight excluding hydrogens is 247 g/mol. The molecule has 0 bridgehead atoms. The van der Waals surface area contributed by atoms with Crippen LogP contribution < -0.4 is 11.1 Å². The number of anilines is 1. The van der Waals surface area contributed by atoms with E-state index in [-0.39, 0.29) is 17.2 Å². The number of carbonyl (C=O) groups excluding carboxylic acids is 1. The number of nitrogen functional groups attached to an aromatic ring is 1. The molecule has 0 aliphatic heterocycles. The van der Waals surface area contributed by atoms with E-state index < -0.39 is 11.6 Å². The molecule has 4 N–H and O–H groups in total. The Hall–Kier alpha value is -1.78. The Bertz CT molecular complexity index is 448. The van der Waals surface area contributed by atoms with Crippen LogP contribution in [-0.4, -0.2) is 17.6 Å². The standard InChI is InChI=1S/C14H19FN2O2/c15-11-6-10(7-12(16)13(11)18)14(19)17-8-9-4-2-1-3-5-9/h6-7,9,18H,1-5,8,16H2,(H,17,19). The molecule has 104 valence electrons. The minimum absolute atomic E-state index is 0.122. The second-order valence-corrected chi connectivity index (χ2v) is 5.11. The van der Waals surface area contributed by atoms with Crippen LogP contribution in [0.4, 0.5) is 10.1 Å². The van der Waals surface area contributed by atoms with Crippen molar-refractivity contribution in [3.05, 3.63) is 23.5 Å². The van der Waals surface area contributed by atoms with Gasteiger partial charge in [-0.05, 0) is 30.9 Å². The van der Waals surface area contributed by atoms with Crippen molar-refractivity contribution in [1.29, 1.82) is 0 Å². The lowest BCUT2D eigenvalue weighted by atomic mass is 9.89. The lowest BCUT2D eigenvalue weighted by molar-refractivity contribution is 0.0943. The Morgan fingerprint density at radius 3 is 2.68 bits per heavy atom. The van der Waals surface area contributed by atoms with Gasteiger partial charge in [-0.25, -0.2) is 4.39 Å². The average Bonchev–Trinajstić information content (AvgIpc) is 2.42. The second-order valence-electron chi connectivity index (χ2n) is 5.11. The van der Waals surface area contributed by atoms with E-state index in [1.54, 1.807) is 0 Å². The van der Waals surface area contributed by atoms with Crippen LogP contribution in [0.15, 0.2) is 12.1 Å². The van der Waals surface area contributed by atoms with E-state index in [2.05, 4.69) is 5.32 Å². The van der Waals surface area contributed by atoms with Crippen molar-refractivity contribution >= 4 is 11.6 Å². The highest BCUT2D eigenvalue weighted by Gasteiger charge is 2.16. The van der Waals surface area contributed by atoms with Crippen molar-refractivity contribution in [3.63, 3.8) is 0 Å². The van der Waals surface area contributed by atoms with Gasteiger partial charge in [0.15, 0.2) is 11.6 Å². The summed E-state index contributed by atoms with van der Waals surface area (Å²) in [5, 5.41) is 12.0. The third kappa shape index (κ3) is 3.36. The summed E-state index contributed by atoms with van der Waals surface area (Å²) in [4.78, 5) is 11.9. The van der Waals surface area contributed by atoms with Gasteiger partial charge in [-0.2, -0.15) is 0 Å². The highest BCUT2D eigenvalue weighted by atomic mass is 19.1. The highest BCUT2D eigenvalue weighted by molar-refractivity contribution is 5.95. The summed E-state index contributed by atoms with van der Waals surface area (Å²) in [6.07, 6.45) is 5.95. The summed E-state index contributed by atoms with van der Waals surface area (Å²) in [7, 11) is 0. The molecule has 1 aromatic rings. The van der Waals surface area contributed by atoms with Crippen molar-refractivity contribution < 1.29 is 14.3 Å². The number of halogens is 1. The topological polar surface area (TPSA) is 75.4 Å². The molecule has 1 saturated carbocycles. The Kier molecular flexibility index (Phi) is 4.24. The maximum Gasteiger partial charge on any atom is 0.251 e. The molecule has 1 fully saturated rings. The molecule has 1 aliphatic rings. The number of carbonyl (C=O) groups is 1. The van der Waals surface area contributed by atoms with Crippen LogP contribution in [0.3, 0.4) is 0 Å².